The molecule has 1 nitrogen and oxygen atoms in total. The highest BCUT2D eigenvalue weighted by Gasteiger charge is 2.02. The van der Waals surface area contributed by atoms with E-state index in [1.165, 1.54) is 16.8 Å². The van der Waals surface area contributed by atoms with Crippen LogP contribution in [0.25, 0.3) is 0 Å². The van der Waals surface area contributed by atoms with Gasteiger partial charge in [0.1, 0.15) is 0 Å². The average molecular weight is 290 g/mol. The highest BCUT2D eigenvalue weighted by molar-refractivity contribution is 9.10. The van der Waals surface area contributed by atoms with E-state index in [1.807, 2.05) is 0 Å². The van der Waals surface area contributed by atoms with Gasteiger partial charge in [-0.05, 0) is 31.0 Å². The number of anilines is 1. The minimum Gasteiger partial charge on any atom is -0.309 e. The minimum atomic E-state index is 0.965. The van der Waals surface area contributed by atoms with Gasteiger partial charge in [0.15, 0.2) is 0 Å². The summed E-state index contributed by atoms with van der Waals surface area (Å²) >= 11 is 3.60. The van der Waals surface area contributed by atoms with Crippen molar-refractivity contribution in [3.05, 3.63) is 65.7 Å². The van der Waals surface area contributed by atoms with E-state index in [0.29, 0.717) is 0 Å². The van der Waals surface area contributed by atoms with Crippen LogP contribution in [-0.2, 0) is 6.42 Å². The molecule has 88 valence electrons. The van der Waals surface area contributed by atoms with Gasteiger partial charge in [0.05, 0.1) is 0 Å². The van der Waals surface area contributed by atoms with Gasteiger partial charge in [-0.15, -0.1) is 0 Å². The maximum Gasteiger partial charge on any atom is 0.0496 e. The predicted octanol–water partition coefficient (Wildman–Crippen LogP) is 4.35. The topological polar surface area (TPSA) is 3.24 Å². The lowest BCUT2D eigenvalue weighted by Crippen LogP contribution is -2.13. The second-order valence-corrected chi connectivity index (χ2v) is 5.01. The van der Waals surface area contributed by atoms with E-state index >= 15 is 0 Å². The molecule has 0 aliphatic heterocycles. The van der Waals surface area contributed by atoms with Crippen molar-refractivity contribution in [2.24, 2.45) is 0 Å². The third-order valence-corrected chi connectivity index (χ3v) is 3.52. The Bertz CT molecular complexity index is 450. The Morgan fingerprint density at radius 2 is 1.59 bits per heavy atom. The Morgan fingerprint density at radius 1 is 0.941 bits per heavy atom. The summed E-state index contributed by atoms with van der Waals surface area (Å²) in [5.41, 5.74) is 3.85. The first-order valence-corrected chi connectivity index (χ1v) is 6.50. The van der Waals surface area contributed by atoms with Crippen molar-refractivity contribution < 1.29 is 0 Å². The fourth-order valence-corrected chi connectivity index (χ4v) is 2.12. The van der Waals surface area contributed by atoms with Crippen LogP contribution in [0, 0.1) is 6.92 Å². The zero-order chi connectivity index (χ0) is 12.1. The van der Waals surface area contributed by atoms with Crippen LogP contribution >= 0.6 is 16.1 Å². The monoisotopic (exact) mass is 289 g/mol. The largest absolute Gasteiger partial charge is 0.309 e. The third-order valence-electron chi connectivity index (χ3n) is 2.75. The summed E-state index contributed by atoms with van der Waals surface area (Å²) in [7, 11) is 0. The molecule has 2 heteroatoms. The van der Waals surface area contributed by atoms with Gasteiger partial charge in [-0.25, -0.2) is 0 Å². The van der Waals surface area contributed by atoms with Crippen molar-refractivity contribution in [1.82, 2.24) is 0 Å². The van der Waals surface area contributed by atoms with Gasteiger partial charge in [-0.3, -0.25) is 0 Å². The average Bonchev–Trinajstić information content (AvgIpc) is 2.38. The zero-order valence-corrected chi connectivity index (χ0v) is 11.5. The van der Waals surface area contributed by atoms with Crippen molar-refractivity contribution in [3.63, 3.8) is 0 Å². The minimum absolute atomic E-state index is 0.965. The van der Waals surface area contributed by atoms with E-state index in [9.17, 15) is 0 Å². The first-order chi connectivity index (χ1) is 8.25. The van der Waals surface area contributed by atoms with E-state index in [0.717, 1.165) is 13.0 Å². The Hall–Kier alpha value is -1.28. The fraction of sp³-hybridized carbons (Fsp3) is 0.200. The van der Waals surface area contributed by atoms with Gasteiger partial charge in [0.25, 0.3) is 0 Å². The quantitative estimate of drug-likeness (QED) is 0.756. The predicted molar refractivity (Wildman–Crippen MR) is 77.6 cm³/mol. The molecule has 0 spiro atoms. The molecule has 0 atom stereocenters. The Kier molecular flexibility index (Phi) is 4.21. The van der Waals surface area contributed by atoms with Crippen LogP contribution in [0.2, 0.25) is 0 Å². The van der Waals surface area contributed by atoms with Gasteiger partial charge < -0.3 is 3.93 Å². The lowest BCUT2D eigenvalue weighted by Gasteiger charge is -2.16. The molecule has 0 N–H and O–H groups in total. The molecule has 0 heterocycles. The lowest BCUT2D eigenvalue weighted by atomic mass is 10.1. The summed E-state index contributed by atoms with van der Waals surface area (Å²) in [5, 5.41) is 0. The van der Waals surface area contributed by atoms with Gasteiger partial charge in [-0.1, -0.05) is 48.0 Å². The van der Waals surface area contributed by atoms with Crippen LogP contribution in [0.5, 0.6) is 0 Å². The van der Waals surface area contributed by atoms with E-state index in [4.69, 9.17) is 0 Å². The molecule has 0 aliphatic carbocycles. The van der Waals surface area contributed by atoms with Crippen LogP contribution in [0.4, 0.5) is 5.69 Å². The van der Waals surface area contributed by atoms with E-state index in [1.54, 1.807) is 0 Å². The molecule has 0 bridgehead atoms. The molecule has 0 saturated heterocycles. The molecule has 2 aromatic carbocycles. The SMILES string of the molecule is Cc1ccc(N(Br)CCc2ccccc2)cc1. The maximum absolute atomic E-state index is 3.60. The van der Waals surface area contributed by atoms with Gasteiger partial charge in [0.2, 0.25) is 0 Å². The molecule has 17 heavy (non-hydrogen) atoms. The Labute approximate surface area is 111 Å². The zero-order valence-electron chi connectivity index (χ0n) is 9.94. The van der Waals surface area contributed by atoms with E-state index in [2.05, 4.69) is 81.6 Å². The van der Waals surface area contributed by atoms with Crippen molar-refractivity contribution in [2.45, 2.75) is 13.3 Å². The summed E-state index contributed by atoms with van der Waals surface area (Å²) < 4.78 is 2.11. The molecular formula is C15H16BrN. The molecule has 0 amide bonds. The maximum atomic E-state index is 3.60. The highest BCUT2D eigenvalue weighted by Crippen LogP contribution is 2.18. The highest BCUT2D eigenvalue weighted by atomic mass is 79.9. The lowest BCUT2D eigenvalue weighted by molar-refractivity contribution is 0.973. The second-order valence-electron chi connectivity index (χ2n) is 4.16. The summed E-state index contributed by atoms with van der Waals surface area (Å²) in [5.74, 6) is 0. The first kappa shape index (κ1) is 12.2. The number of aryl methyl sites for hydroxylation is 1. The summed E-state index contributed by atoms with van der Waals surface area (Å²) in [6, 6.07) is 19.1. The van der Waals surface area contributed by atoms with Crippen LogP contribution < -0.4 is 3.93 Å². The van der Waals surface area contributed by atoms with E-state index in [-0.39, 0.29) is 0 Å². The van der Waals surface area contributed by atoms with Crippen molar-refractivity contribution >= 4 is 21.8 Å². The fourth-order valence-electron chi connectivity index (χ4n) is 1.71. The molecule has 0 fully saturated rings. The molecule has 0 aromatic heterocycles. The number of rotatable bonds is 4. The third kappa shape index (κ3) is 3.60. The Balaban J connectivity index is 1.93. The summed E-state index contributed by atoms with van der Waals surface area (Å²) in [6.07, 6.45) is 1.04. The smallest absolute Gasteiger partial charge is 0.0496 e. The van der Waals surface area contributed by atoms with Crippen LogP contribution in [0.1, 0.15) is 11.1 Å². The summed E-state index contributed by atoms with van der Waals surface area (Å²) in [6.45, 7) is 3.07. The van der Waals surface area contributed by atoms with Crippen LogP contribution in [-0.4, -0.2) is 6.54 Å². The molecule has 2 aromatic rings. The molecule has 0 unspecified atom stereocenters. The number of hydrogen-bond acceptors (Lipinski definition) is 1. The second kappa shape index (κ2) is 5.87. The van der Waals surface area contributed by atoms with Gasteiger partial charge in [0, 0.05) is 28.4 Å². The summed E-state index contributed by atoms with van der Waals surface area (Å²) in [4.78, 5) is 0. The van der Waals surface area contributed by atoms with E-state index < -0.39 is 0 Å². The first-order valence-electron chi connectivity index (χ1n) is 5.79. The number of nitrogens with zero attached hydrogens (tertiary/aromatic N) is 1. The van der Waals surface area contributed by atoms with Crippen molar-refractivity contribution in [2.75, 3.05) is 10.5 Å². The standard InChI is InChI=1S/C15H16BrN/c1-13-7-9-15(10-8-13)17(16)12-11-14-5-3-2-4-6-14/h2-10H,11-12H2,1H3. The molecule has 0 radical (unpaired) electrons. The number of halogens is 1. The van der Waals surface area contributed by atoms with Crippen LogP contribution in [0.15, 0.2) is 54.6 Å². The van der Waals surface area contributed by atoms with Crippen LogP contribution in [0.3, 0.4) is 0 Å². The van der Waals surface area contributed by atoms with Crippen molar-refractivity contribution in [3.8, 4) is 0 Å². The Morgan fingerprint density at radius 3 is 2.24 bits per heavy atom. The number of benzene rings is 2. The van der Waals surface area contributed by atoms with Gasteiger partial charge >= 0.3 is 0 Å². The van der Waals surface area contributed by atoms with Gasteiger partial charge in [-0.2, -0.15) is 0 Å². The van der Waals surface area contributed by atoms with Crippen molar-refractivity contribution in [1.29, 1.82) is 0 Å². The molecule has 0 saturated carbocycles. The molecular weight excluding hydrogens is 274 g/mol. The number of hydrogen-bond donors (Lipinski definition) is 0. The normalized spacial score (nSPS) is 10.2. The molecule has 0 aliphatic rings. The molecule has 2 rings (SSSR count).